The van der Waals surface area contributed by atoms with Gasteiger partial charge in [0.1, 0.15) is 5.82 Å². The smallest absolute Gasteiger partial charge is 0.306 e. The molecule has 2 saturated carbocycles. The van der Waals surface area contributed by atoms with Crippen molar-refractivity contribution in [2.75, 3.05) is 11.5 Å². The molecule has 130 valence electrons. The van der Waals surface area contributed by atoms with Crippen molar-refractivity contribution in [2.45, 2.75) is 56.1 Å². The van der Waals surface area contributed by atoms with Gasteiger partial charge in [-0.2, -0.15) is 11.8 Å². The maximum Gasteiger partial charge on any atom is 0.306 e. The first-order chi connectivity index (χ1) is 11.6. The van der Waals surface area contributed by atoms with Crippen molar-refractivity contribution in [3.05, 3.63) is 17.6 Å². The Kier molecular flexibility index (Phi) is 4.41. The second-order valence-corrected chi connectivity index (χ2v) is 8.78. The molecule has 3 N–H and O–H groups in total. The fraction of sp³-hybridized carbons (Fsp3) is 0.722. The number of carboxylic acids is 1. The van der Waals surface area contributed by atoms with Crippen molar-refractivity contribution in [3.8, 4) is 0 Å². The van der Waals surface area contributed by atoms with Crippen LogP contribution in [-0.2, 0) is 4.79 Å². The Morgan fingerprint density at radius 2 is 1.92 bits per heavy atom. The molecule has 3 aliphatic rings. The summed E-state index contributed by atoms with van der Waals surface area (Å²) in [5.74, 6) is 2.78. The van der Waals surface area contributed by atoms with Crippen LogP contribution in [0.5, 0.6) is 0 Å². The van der Waals surface area contributed by atoms with Gasteiger partial charge in [0.15, 0.2) is 0 Å². The summed E-state index contributed by atoms with van der Waals surface area (Å²) in [4.78, 5) is 20.5. The van der Waals surface area contributed by atoms with Crippen LogP contribution in [0.3, 0.4) is 0 Å². The first kappa shape index (κ1) is 16.2. The molecule has 6 heteroatoms. The van der Waals surface area contributed by atoms with Gasteiger partial charge in [0.2, 0.25) is 0 Å². The second kappa shape index (κ2) is 6.54. The molecular weight excluding hydrogens is 322 g/mol. The summed E-state index contributed by atoms with van der Waals surface area (Å²) in [6.45, 7) is 0. The van der Waals surface area contributed by atoms with E-state index in [1.165, 1.54) is 25.0 Å². The predicted octanol–water partition coefficient (Wildman–Crippen LogP) is 3.62. The fourth-order valence-corrected chi connectivity index (χ4v) is 5.95. The fourth-order valence-electron chi connectivity index (χ4n) is 4.40. The van der Waals surface area contributed by atoms with Crippen LogP contribution < -0.4 is 5.73 Å². The van der Waals surface area contributed by atoms with Crippen molar-refractivity contribution in [1.82, 2.24) is 9.97 Å². The van der Waals surface area contributed by atoms with Crippen LogP contribution in [0.15, 0.2) is 6.20 Å². The van der Waals surface area contributed by atoms with E-state index in [9.17, 15) is 4.79 Å². The van der Waals surface area contributed by atoms with E-state index in [-0.39, 0.29) is 11.8 Å². The number of aliphatic carboxylic acids is 1. The number of aromatic nitrogens is 2. The molecule has 24 heavy (non-hydrogen) atoms. The average molecular weight is 347 g/mol. The molecule has 1 aromatic heterocycles. The van der Waals surface area contributed by atoms with Crippen LogP contribution in [0.2, 0.25) is 0 Å². The van der Waals surface area contributed by atoms with E-state index in [0.717, 1.165) is 36.1 Å². The lowest BCUT2D eigenvalue weighted by Gasteiger charge is -2.27. The van der Waals surface area contributed by atoms with Gasteiger partial charge in [0.05, 0.1) is 28.8 Å². The monoisotopic (exact) mass is 347 g/mol. The van der Waals surface area contributed by atoms with E-state index < -0.39 is 5.97 Å². The molecule has 5 nitrogen and oxygen atoms in total. The molecule has 1 aliphatic heterocycles. The average Bonchev–Trinajstić information content (AvgIpc) is 3.32. The number of carbonyl (C=O) groups is 1. The Hall–Kier alpha value is -1.30. The highest BCUT2D eigenvalue weighted by Gasteiger charge is 2.41. The normalized spacial score (nSPS) is 33.5. The van der Waals surface area contributed by atoms with Gasteiger partial charge in [0.25, 0.3) is 0 Å². The number of thioether (sulfide) groups is 1. The Labute approximate surface area is 146 Å². The van der Waals surface area contributed by atoms with Gasteiger partial charge < -0.3 is 10.8 Å². The summed E-state index contributed by atoms with van der Waals surface area (Å²) in [5.41, 5.74) is 8.13. The van der Waals surface area contributed by atoms with Crippen molar-refractivity contribution < 1.29 is 9.90 Å². The van der Waals surface area contributed by atoms with E-state index in [2.05, 4.69) is 4.98 Å². The number of rotatable bonds is 4. The predicted molar refractivity (Wildman–Crippen MR) is 94.8 cm³/mol. The molecule has 1 unspecified atom stereocenters. The lowest BCUT2D eigenvalue weighted by atomic mass is 9.80. The van der Waals surface area contributed by atoms with Gasteiger partial charge in [0, 0.05) is 5.92 Å². The Morgan fingerprint density at radius 3 is 2.58 bits per heavy atom. The molecule has 1 aromatic rings. The van der Waals surface area contributed by atoms with Gasteiger partial charge in [-0.3, -0.25) is 9.78 Å². The van der Waals surface area contributed by atoms with E-state index in [1.54, 1.807) is 0 Å². The minimum atomic E-state index is -0.670. The summed E-state index contributed by atoms with van der Waals surface area (Å²) in [6, 6.07) is 0. The topological polar surface area (TPSA) is 89.1 Å². The largest absolute Gasteiger partial charge is 0.481 e. The molecule has 1 saturated heterocycles. The molecule has 2 aliphatic carbocycles. The minimum Gasteiger partial charge on any atom is -0.481 e. The maximum atomic E-state index is 11.1. The van der Waals surface area contributed by atoms with Gasteiger partial charge >= 0.3 is 5.97 Å². The highest BCUT2D eigenvalue weighted by atomic mass is 32.2. The highest BCUT2D eigenvalue weighted by molar-refractivity contribution is 7.99. The van der Waals surface area contributed by atoms with Gasteiger partial charge in [-0.25, -0.2) is 4.98 Å². The van der Waals surface area contributed by atoms with Crippen molar-refractivity contribution >= 4 is 23.5 Å². The quantitative estimate of drug-likeness (QED) is 0.864. The van der Waals surface area contributed by atoms with E-state index in [1.807, 2.05) is 18.0 Å². The maximum absolute atomic E-state index is 11.1. The van der Waals surface area contributed by atoms with Gasteiger partial charge in [-0.15, -0.1) is 0 Å². The molecule has 3 fully saturated rings. The Morgan fingerprint density at radius 1 is 1.17 bits per heavy atom. The summed E-state index contributed by atoms with van der Waals surface area (Å²) < 4.78 is 0. The third-order valence-electron chi connectivity index (χ3n) is 5.97. The molecular formula is C18H25N3O2S. The second-order valence-electron chi connectivity index (χ2n) is 7.53. The molecule has 0 aromatic carbocycles. The zero-order chi connectivity index (χ0) is 16.7. The van der Waals surface area contributed by atoms with Crippen LogP contribution >= 0.6 is 11.8 Å². The number of hydrogen-bond donors (Lipinski definition) is 2. The van der Waals surface area contributed by atoms with Crippen molar-refractivity contribution in [3.63, 3.8) is 0 Å². The van der Waals surface area contributed by atoms with E-state index in [0.29, 0.717) is 23.9 Å². The van der Waals surface area contributed by atoms with Crippen LogP contribution in [0, 0.1) is 17.8 Å². The highest BCUT2D eigenvalue weighted by Crippen LogP contribution is 2.54. The number of carboxylic acid groups (broad SMARTS) is 1. The lowest BCUT2D eigenvalue weighted by Crippen LogP contribution is -2.22. The van der Waals surface area contributed by atoms with Crippen LogP contribution in [0.1, 0.15) is 67.5 Å². The van der Waals surface area contributed by atoms with Crippen molar-refractivity contribution in [2.24, 2.45) is 17.8 Å². The molecule has 4 rings (SSSR count). The van der Waals surface area contributed by atoms with Crippen LogP contribution in [0.25, 0.3) is 0 Å². The molecule has 0 bridgehead atoms. The number of nitrogens with two attached hydrogens (primary N) is 1. The third-order valence-corrected chi connectivity index (χ3v) is 7.39. The van der Waals surface area contributed by atoms with Crippen LogP contribution in [-0.4, -0.2) is 26.8 Å². The van der Waals surface area contributed by atoms with Gasteiger partial charge in [-0.05, 0) is 62.5 Å². The Bertz CT molecular complexity index is 627. The number of nitrogens with zero attached hydrogens (tertiary/aromatic N) is 2. The SMILES string of the molecule is Nc1ncc(C2SCC[C@H]2C2CC2)nc1C1CCC(C(=O)O)CC1. The first-order valence-corrected chi connectivity index (χ1v) is 10.1. The standard InChI is InChI=1S/C18H25N3O2S/c19-17-15(11-3-5-12(6-4-11)18(22)23)21-14(9-20-17)16-13(7-8-24-16)10-1-2-10/h9-13,16H,1-8H2,(H2,19,20)(H,22,23)/t11?,12?,13-,16?/m0/s1. The summed E-state index contributed by atoms with van der Waals surface area (Å²) >= 11 is 2.02. The Balaban J connectivity index is 1.52. The molecule has 0 radical (unpaired) electrons. The molecule has 0 spiro atoms. The summed E-state index contributed by atoms with van der Waals surface area (Å²) in [7, 11) is 0. The molecule has 2 atom stereocenters. The first-order valence-electron chi connectivity index (χ1n) is 9.10. The number of anilines is 1. The van der Waals surface area contributed by atoms with Crippen molar-refractivity contribution in [1.29, 1.82) is 0 Å². The summed E-state index contributed by atoms with van der Waals surface area (Å²) in [6.07, 6.45) is 9.05. The molecule has 2 heterocycles. The summed E-state index contributed by atoms with van der Waals surface area (Å²) in [5, 5.41) is 9.64. The molecule has 0 amide bonds. The van der Waals surface area contributed by atoms with E-state index in [4.69, 9.17) is 15.8 Å². The van der Waals surface area contributed by atoms with E-state index >= 15 is 0 Å². The third kappa shape index (κ3) is 3.13. The zero-order valence-corrected chi connectivity index (χ0v) is 14.7. The number of nitrogen functional groups attached to an aromatic ring is 1. The number of hydrogen-bond acceptors (Lipinski definition) is 5. The van der Waals surface area contributed by atoms with Gasteiger partial charge in [-0.1, -0.05) is 0 Å². The zero-order valence-electron chi connectivity index (χ0n) is 13.9. The van der Waals surface area contributed by atoms with Crippen LogP contribution in [0.4, 0.5) is 5.82 Å². The minimum absolute atomic E-state index is 0.205. The lowest BCUT2D eigenvalue weighted by molar-refractivity contribution is -0.142.